The molecule has 0 amide bonds. The van der Waals surface area contributed by atoms with E-state index in [0.717, 1.165) is 35.5 Å². The van der Waals surface area contributed by atoms with Crippen molar-refractivity contribution in [3.05, 3.63) is 87.6 Å². The molecule has 0 spiro atoms. The maximum absolute atomic E-state index is 9.19. The third-order valence-corrected chi connectivity index (χ3v) is 5.28. The molecule has 0 saturated heterocycles. The van der Waals surface area contributed by atoms with Crippen LogP contribution in [0.2, 0.25) is 5.02 Å². The van der Waals surface area contributed by atoms with Crippen LogP contribution in [0.4, 0.5) is 0 Å². The zero-order chi connectivity index (χ0) is 17.9. The smallest absolute Gasteiger partial charge is 0.0708 e. The Labute approximate surface area is 159 Å². The molecule has 0 unspecified atom stereocenters. The minimum atomic E-state index is 0.188. The van der Waals surface area contributed by atoms with Gasteiger partial charge >= 0.3 is 0 Å². The number of nitrogens with zero attached hydrogens (tertiary/aromatic N) is 1. The highest BCUT2D eigenvalue weighted by Crippen LogP contribution is 2.31. The van der Waals surface area contributed by atoms with Crippen molar-refractivity contribution in [2.45, 2.75) is 32.1 Å². The average Bonchev–Trinajstić information content (AvgIpc) is 3.11. The summed E-state index contributed by atoms with van der Waals surface area (Å²) in [5.41, 5.74) is 8.58. The summed E-state index contributed by atoms with van der Waals surface area (Å²) in [4.78, 5) is 4.92. The highest BCUT2D eigenvalue weighted by molar-refractivity contribution is 6.30. The quantitative estimate of drug-likeness (QED) is 0.690. The molecule has 1 heterocycles. The lowest BCUT2D eigenvalue weighted by Crippen LogP contribution is -2.01. The van der Waals surface area contributed by atoms with Crippen LogP contribution in [0.15, 0.2) is 54.6 Å². The minimum Gasteiger partial charge on any atom is -0.396 e. The van der Waals surface area contributed by atoms with Crippen molar-refractivity contribution in [3.8, 4) is 11.3 Å². The lowest BCUT2D eigenvalue weighted by Gasteiger charge is -2.13. The van der Waals surface area contributed by atoms with Crippen LogP contribution < -0.4 is 0 Å². The Morgan fingerprint density at radius 3 is 2.65 bits per heavy atom. The Morgan fingerprint density at radius 1 is 0.962 bits per heavy atom. The largest absolute Gasteiger partial charge is 0.396 e. The lowest BCUT2D eigenvalue weighted by atomic mass is 9.96. The van der Waals surface area contributed by atoms with E-state index in [1.807, 2.05) is 18.2 Å². The molecule has 0 radical (unpaired) electrons. The first-order valence-electron chi connectivity index (χ1n) is 9.19. The number of aliphatic hydroxyl groups is 1. The van der Waals surface area contributed by atoms with Crippen LogP contribution in [0.3, 0.4) is 0 Å². The predicted octanol–water partition coefficient (Wildman–Crippen LogP) is 5.02. The van der Waals surface area contributed by atoms with Gasteiger partial charge in [-0.3, -0.25) is 4.98 Å². The number of hydrogen-bond donors (Lipinski definition) is 1. The third-order valence-electron chi connectivity index (χ3n) is 5.05. The van der Waals surface area contributed by atoms with Crippen molar-refractivity contribution >= 4 is 11.6 Å². The topological polar surface area (TPSA) is 33.1 Å². The first kappa shape index (κ1) is 17.3. The Morgan fingerprint density at radius 2 is 1.81 bits per heavy atom. The van der Waals surface area contributed by atoms with Gasteiger partial charge < -0.3 is 5.11 Å². The van der Waals surface area contributed by atoms with Gasteiger partial charge in [0, 0.05) is 22.9 Å². The van der Waals surface area contributed by atoms with E-state index in [9.17, 15) is 5.11 Å². The molecule has 0 fully saturated rings. The van der Waals surface area contributed by atoms with Crippen LogP contribution >= 0.6 is 11.6 Å². The summed E-state index contributed by atoms with van der Waals surface area (Å²) < 4.78 is 0. The molecule has 0 atom stereocenters. The summed E-state index contributed by atoms with van der Waals surface area (Å²) >= 11 is 6.18. The molecule has 1 aliphatic rings. The summed E-state index contributed by atoms with van der Waals surface area (Å²) in [7, 11) is 0. The SMILES string of the molecule is OCCc1cccc(Cc2cc(-c3cccc(Cl)c3)nc3c2CCC3)c1. The maximum atomic E-state index is 9.19. The minimum absolute atomic E-state index is 0.188. The highest BCUT2D eigenvalue weighted by Gasteiger charge is 2.18. The fraction of sp³-hybridized carbons (Fsp3) is 0.261. The molecule has 2 aromatic carbocycles. The summed E-state index contributed by atoms with van der Waals surface area (Å²) in [5, 5.41) is 9.93. The van der Waals surface area contributed by atoms with Gasteiger partial charge in [-0.1, -0.05) is 48.0 Å². The van der Waals surface area contributed by atoms with Crippen molar-refractivity contribution < 1.29 is 5.11 Å². The molecule has 1 aliphatic carbocycles. The van der Waals surface area contributed by atoms with Gasteiger partial charge in [-0.05, 0) is 72.6 Å². The summed E-state index contributed by atoms with van der Waals surface area (Å²) in [6.07, 6.45) is 4.96. The molecule has 1 aromatic heterocycles. The van der Waals surface area contributed by atoms with E-state index in [0.29, 0.717) is 6.42 Å². The van der Waals surface area contributed by atoms with Crippen LogP contribution in [-0.4, -0.2) is 16.7 Å². The lowest BCUT2D eigenvalue weighted by molar-refractivity contribution is 0.299. The number of aromatic nitrogens is 1. The Kier molecular flexibility index (Phi) is 5.05. The van der Waals surface area contributed by atoms with Crippen LogP contribution in [0.5, 0.6) is 0 Å². The Balaban J connectivity index is 1.72. The molecule has 3 heteroatoms. The van der Waals surface area contributed by atoms with Crippen molar-refractivity contribution in [3.63, 3.8) is 0 Å². The molecule has 26 heavy (non-hydrogen) atoms. The van der Waals surface area contributed by atoms with E-state index in [1.54, 1.807) is 0 Å². The van der Waals surface area contributed by atoms with Crippen molar-refractivity contribution in [2.75, 3.05) is 6.61 Å². The molecule has 0 bridgehead atoms. The van der Waals surface area contributed by atoms with Crippen LogP contribution in [0.1, 0.15) is 34.4 Å². The normalized spacial score (nSPS) is 13.0. The fourth-order valence-corrected chi connectivity index (χ4v) is 4.01. The van der Waals surface area contributed by atoms with E-state index in [4.69, 9.17) is 16.6 Å². The van der Waals surface area contributed by atoms with Crippen molar-refractivity contribution in [1.29, 1.82) is 0 Å². The van der Waals surface area contributed by atoms with Crippen molar-refractivity contribution in [1.82, 2.24) is 4.98 Å². The van der Waals surface area contributed by atoms with Gasteiger partial charge in [-0.2, -0.15) is 0 Å². The molecule has 132 valence electrons. The number of halogens is 1. The molecular weight excluding hydrogens is 342 g/mol. The monoisotopic (exact) mass is 363 g/mol. The molecule has 4 rings (SSSR count). The standard InChI is InChI=1S/C23H22ClNO/c24-20-7-2-6-18(14-20)23-15-19(21-8-3-9-22(21)25-23)13-17-5-1-4-16(12-17)10-11-26/h1-2,4-7,12,14-15,26H,3,8-11,13H2. The van der Waals surface area contributed by atoms with Gasteiger partial charge in [0.05, 0.1) is 5.69 Å². The van der Waals surface area contributed by atoms with E-state index >= 15 is 0 Å². The second kappa shape index (κ2) is 7.61. The Hall–Kier alpha value is -2.16. The first-order valence-corrected chi connectivity index (χ1v) is 9.57. The molecule has 0 saturated carbocycles. The van der Waals surface area contributed by atoms with E-state index in [2.05, 4.69) is 36.4 Å². The number of fused-ring (bicyclic) bond motifs is 1. The molecular formula is C23H22ClNO. The van der Waals surface area contributed by atoms with Crippen LogP contribution in [0, 0.1) is 0 Å². The molecule has 0 aliphatic heterocycles. The second-order valence-electron chi connectivity index (χ2n) is 6.93. The van der Waals surface area contributed by atoms with Gasteiger partial charge in [0.2, 0.25) is 0 Å². The van der Waals surface area contributed by atoms with Crippen molar-refractivity contribution in [2.24, 2.45) is 0 Å². The van der Waals surface area contributed by atoms with E-state index in [-0.39, 0.29) is 6.61 Å². The number of aliphatic hydroxyl groups excluding tert-OH is 1. The van der Waals surface area contributed by atoms with Gasteiger partial charge in [-0.15, -0.1) is 0 Å². The first-order chi connectivity index (χ1) is 12.7. The third kappa shape index (κ3) is 3.67. The van der Waals surface area contributed by atoms with Gasteiger partial charge in [0.1, 0.15) is 0 Å². The number of hydrogen-bond acceptors (Lipinski definition) is 2. The summed E-state index contributed by atoms with van der Waals surface area (Å²) in [5.74, 6) is 0. The average molecular weight is 364 g/mol. The number of rotatable bonds is 5. The summed E-state index contributed by atoms with van der Waals surface area (Å²) in [6.45, 7) is 0.188. The van der Waals surface area contributed by atoms with Gasteiger partial charge in [0.15, 0.2) is 0 Å². The number of benzene rings is 2. The molecule has 1 N–H and O–H groups in total. The Bertz CT molecular complexity index is 935. The number of pyridine rings is 1. The van der Waals surface area contributed by atoms with Gasteiger partial charge in [-0.25, -0.2) is 0 Å². The fourth-order valence-electron chi connectivity index (χ4n) is 3.82. The van der Waals surface area contributed by atoms with Gasteiger partial charge in [0.25, 0.3) is 0 Å². The molecule has 2 nitrogen and oxygen atoms in total. The van der Waals surface area contributed by atoms with Crippen LogP contribution in [-0.2, 0) is 25.7 Å². The summed E-state index contributed by atoms with van der Waals surface area (Å²) in [6, 6.07) is 18.7. The maximum Gasteiger partial charge on any atom is 0.0708 e. The van der Waals surface area contributed by atoms with E-state index in [1.165, 1.54) is 34.4 Å². The predicted molar refractivity (Wildman–Crippen MR) is 107 cm³/mol. The van der Waals surface area contributed by atoms with E-state index < -0.39 is 0 Å². The van der Waals surface area contributed by atoms with Crippen LogP contribution in [0.25, 0.3) is 11.3 Å². The number of aryl methyl sites for hydroxylation is 1. The zero-order valence-electron chi connectivity index (χ0n) is 14.7. The molecule has 3 aromatic rings. The highest BCUT2D eigenvalue weighted by atomic mass is 35.5. The second-order valence-corrected chi connectivity index (χ2v) is 7.36. The zero-order valence-corrected chi connectivity index (χ0v) is 15.5.